The Morgan fingerprint density at radius 1 is 1.08 bits per heavy atom. The summed E-state index contributed by atoms with van der Waals surface area (Å²) in [5.41, 5.74) is 1.98. The number of benzene rings is 2. The number of amides is 1. The fraction of sp³-hybridized carbons (Fsp3) is 0.263. The first-order valence-electron chi connectivity index (χ1n) is 7.69. The van der Waals surface area contributed by atoms with Crippen molar-refractivity contribution in [2.24, 2.45) is 0 Å². The molecule has 0 heterocycles. The molecular formula is C19H21NO4. The Labute approximate surface area is 141 Å². The smallest absolute Gasteiger partial charge is 0.328 e. The van der Waals surface area contributed by atoms with Crippen LogP contribution >= 0.6 is 0 Å². The zero-order chi connectivity index (χ0) is 17.4. The van der Waals surface area contributed by atoms with E-state index in [2.05, 4.69) is 5.32 Å². The molecule has 126 valence electrons. The van der Waals surface area contributed by atoms with Gasteiger partial charge in [-0.1, -0.05) is 42.5 Å². The number of hydrogen-bond acceptors (Lipinski definition) is 4. The predicted octanol–water partition coefficient (Wildman–Crippen LogP) is 2.27. The fourth-order valence-electron chi connectivity index (χ4n) is 2.28. The summed E-state index contributed by atoms with van der Waals surface area (Å²) < 4.78 is 10.2. The number of nitrogens with one attached hydrogen (secondary N) is 1. The maximum atomic E-state index is 12.1. The van der Waals surface area contributed by atoms with Crippen LogP contribution in [0, 0.1) is 6.92 Å². The summed E-state index contributed by atoms with van der Waals surface area (Å²) in [6.45, 7) is 1.78. The lowest BCUT2D eigenvalue weighted by Gasteiger charge is -2.17. The fourth-order valence-corrected chi connectivity index (χ4v) is 2.28. The standard InChI is InChI=1S/C19H21NO4/c1-14-7-6-10-16(11-14)24-13-18(21)20-17(19(22)23-2)12-15-8-4-3-5-9-15/h3-11,17H,12-13H2,1-2H3,(H,20,21). The molecule has 0 aromatic heterocycles. The normalized spacial score (nSPS) is 11.4. The topological polar surface area (TPSA) is 64.6 Å². The van der Waals surface area contributed by atoms with Gasteiger partial charge in [0.25, 0.3) is 5.91 Å². The molecule has 24 heavy (non-hydrogen) atoms. The minimum Gasteiger partial charge on any atom is -0.484 e. The van der Waals surface area contributed by atoms with Gasteiger partial charge in [0.2, 0.25) is 0 Å². The maximum absolute atomic E-state index is 12.1. The maximum Gasteiger partial charge on any atom is 0.328 e. The second-order valence-electron chi connectivity index (χ2n) is 5.44. The quantitative estimate of drug-likeness (QED) is 0.793. The number of hydrogen-bond donors (Lipinski definition) is 1. The van der Waals surface area contributed by atoms with Crippen LogP contribution < -0.4 is 10.1 Å². The molecular weight excluding hydrogens is 306 g/mol. The third-order valence-corrected chi connectivity index (χ3v) is 3.46. The van der Waals surface area contributed by atoms with Crippen LogP contribution in [-0.2, 0) is 20.7 Å². The van der Waals surface area contributed by atoms with E-state index in [1.807, 2.05) is 55.5 Å². The van der Waals surface area contributed by atoms with Gasteiger partial charge in [-0.15, -0.1) is 0 Å². The van der Waals surface area contributed by atoms with E-state index in [-0.39, 0.29) is 12.5 Å². The molecule has 5 heteroatoms. The molecule has 1 N–H and O–H groups in total. The molecule has 0 fully saturated rings. The lowest BCUT2D eigenvalue weighted by Crippen LogP contribution is -2.44. The van der Waals surface area contributed by atoms with E-state index in [9.17, 15) is 9.59 Å². The van der Waals surface area contributed by atoms with Crippen molar-refractivity contribution in [2.75, 3.05) is 13.7 Å². The van der Waals surface area contributed by atoms with Crippen LogP contribution in [0.4, 0.5) is 0 Å². The summed E-state index contributed by atoms with van der Waals surface area (Å²) in [6, 6.07) is 16.1. The van der Waals surface area contributed by atoms with Crippen LogP contribution in [0.3, 0.4) is 0 Å². The molecule has 1 amide bonds. The van der Waals surface area contributed by atoms with Crippen LogP contribution in [-0.4, -0.2) is 31.6 Å². The summed E-state index contributed by atoms with van der Waals surface area (Å²) in [7, 11) is 1.30. The van der Waals surface area contributed by atoms with Crippen LogP contribution in [0.2, 0.25) is 0 Å². The average molecular weight is 327 g/mol. The molecule has 0 saturated carbocycles. The van der Waals surface area contributed by atoms with Crippen molar-refractivity contribution < 1.29 is 19.1 Å². The monoisotopic (exact) mass is 327 g/mol. The highest BCUT2D eigenvalue weighted by atomic mass is 16.5. The highest BCUT2D eigenvalue weighted by Crippen LogP contribution is 2.12. The van der Waals surface area contributed by atoms with Gasteiger partial charge >= 0.3 is 5.97 Å². The van der Waals surface area contributed by atoms with Gasteiger partial charge < -0.3 is 14.8 Å². The minimum absolute atomic E-state index is 0.161. The van der Waals surface area contributed by atoms with Gasteiger partial charge in [-0.25, -0.2) is 4.79 Å². The van der Waals surface area contributed by atoms with Gasteiger partial charge in [0, 0.05) is 6.42 Å². The molecule has 1 atom stereocenters. The Bertz CT molecular complexity index is 685. The molecule has 0 saturated heterocycles. The molecule has 2 rings (SSSR count). The first-order valence-corrected chi connectivity index (χ1v) is 7.69. The number of esters is 1. The second kappa shape index (κ2) is 8.72. The van der Waals surface area contributed by atoms with Crippen molar-refractivity contribution in [1.29, 1.82) is 0 Å². The van der Waals surface area contributed by atoms with E-state index in [1.54, 1.807) is 6.07 Å². The summed E-state index contributed by atoms with van der Waals surface area (Å²) in [5.74, 6) is -0.242. The average Bonchev–Trinajstić information content (AvgIpc) is 2.59. The van der Waals surface area contributed by atoms with Gasteiger partial charge in [0.1, 0.15) is 11.8 Å². The Hall–Kier alpha value is -2.82. The Balaban J connectivity index is 1.93. The number of carbonyl (C=O) groups excluding carboxylic acids is 2. The number of carbonyl (C=O) groups is 2. The largest absolute Gasteiger partial charge is 0.484 e. The molecule has 0 aliphatic carbocycles. The van der Waals surface area contributed by atoms with E-state index >= 15 is 0 Å². The summed E-state index contributed by atoms with van der Waals surface area (Å²) in [4.78, 5) is 24.0. The molecule has 0 aliphatic heterocycles. The second-order valence-corrected chi connectivity index (χ2v) is 5.44. The van der Waals surface area contributed by atoms with Crippen LogP contribution in [0.5, 0.6) is 5.75 Å². The Kier molecular flexibility index (Phi) is 6.37. The molecule has 2 aromatic rings. The Morgan fingerprint density at radius 2 is 1.83 bits per heavy atom. The zero-order valence-corrected chi connectivity index (χ0v) is 13.8. The molecule has 0 aliphatic rings. The van der Waals surface area contributed by atoms with Gasteiger partial charge in [-0.3, -0.25) is 4.79 Å². The van der Waals surface area contributed by atoms with Crippen molar-refractivity contribution in [3.63, 3.8) is 0 Å². The van der Waals surface area contributed by atoms with E-state index in [1.165, 1.54) is 7.11 Å². The van der Waals surface area contributed by atoms with Crippen molar-refractivity contribution in [2.45, 2.75) is 19.4 Å². The molecule has 2 aromatic carbocycles. The summed E-state index contributed by atoms with van der Waals surface area (Å²) in [5, 5.41) is 2.66. The SMILES string of the molecule is COC(=O)C(Cc1ccccc1)NC(=O)COc1cccc(C)c1. The van der Waals surface area contributed by atoms with Crippen molar-refractivity contribution in [3.8, 4) is 5.75 Å². The van der Waals surface area contributed by atoms with Crippen LogP contribution in [0.25, 0.3) is 0 Å². The number of aryl methyl sites for hydroxylation is 1. The number of rotatable bonds is 7. The van der Waals surface area contributed by atoms with Crippen molar-refractivity contribution in [1.82, 2.24) is 5.32 Å². The van der Waals surface area contributed by atoms with Crippen LogP contribution in [0.15, 0.2) is 54.6 Å². The van der Waals surface area contributed by atoms with Crippen molar-refractivity contribution in [3.05, 3.63) is 65.7 Å². The van der Waals surface area contributed by atoms with Gasteiger partial charge in [-0.05, 0) is 30.2 Å². The number of methoxy groups -OCH3 is 1. The third kappa shape index (κ3) is 5.43. The molecule has 0 bridgehead atoms. The number of ether oxygens (including phenoxy) is 2. The molecule has 1 unspecified atom stereocenters. The Morgan fingerprint density at radius 3 is 2.50 bits per heavy atom. The van der Waals surface area contributed by atoms with Gasteiger partial charge in [-0.2, -0.15) is 0 Å². The first-order chi connectivity index (χ1) is 11.6. The van der Waals surface area contributed by atoms with Crippen molar-refractivity contribution >= 4 is 11.9 Å². The van der Waals surface area contributed by atoms with Gasteiger partial charge in [0.15, 0.2) is 6.61 Å². The first kappa shape index (κ1) is 17.5. The third-order valence-electron chi connectivity index (χ3n) is 3.46. The van der Waals surface area contributed by atoms with Gasteiger partial charge in [0.05, 0.1) is 7.11 Å². The predicted molar refractivity (Wildman–Crippen MR) is 90.8 cm³/mol. The molecule has 5 nitrogen and oxygen atoms in total. The molecule has 0 spiro atoms. The summed E-state index contributed by atoms with van der Waals surface area (Å²) >= 11 is 0. The van der Waals surface area contributed by atoms with Crippen LogP contribution in [0.1, 0.15) is 11.1 Å². The molecule has 0 radical (unpaired) electrons. The van der Waals surface area contributed by atoms with E-state index in [0.717, 1.165) is 11.1 Å². The van der Waals surface area contributed by atoms with E-state index < -0.39 is 12.0 Å². The lowest BCUT2D eigenvalue weighted by atomic mass is 10.1. The summed E-state index contributed by atoms with van der Waals surface area (Å²) in [6.07, 6.45) is 0.365. The zero-order valence-electron chi connectivity index (χ0n) is 13.8. The highest BCUT2D eigenvalue weighted by Gasteiger charge is 2.22. The lowest BCUT2D eigenvalue weighted by molar-refractivity contribution is -0.145. The highest BCUT2D eigenvalue weighted by molar-refractivity contribution is 5.85. The van der Waals surface area contributed by atoms with E-state index in [0.29, 0.717) is 12.2 Å². The minimum atomic E-state index is -0.744. The van der Waals surface area contributed by atoms with E-state index in [4.69, 9.17) is 9.47 Å².